The van der Waals surface area contributed by atoms with Gasteiger partial charge in [0.05, 0.1) is 24.3 Å². The lowest BCUT2D eigenvalue weighted by Gasteiger charge is -2.23. The van der Waals surface area contributed by atoms with Gasteiger partial charge in [-0.25, -0.2) is 9.78 Å². The number of aromatic nitrogens is 2. The van der Waals surface area contributed by atoms with Gasteiger partial charge < -0.3 is 14.6 Å². The SMILES string of the molecule is CC(NC(=O)OC(C)(C)C)c1cncn1CC(C)C1CC1. The minimum Gasteiger partial charge on any atom is -0.444 e. The summed E-state index contributed by atoms with van der Waals surface area (Å²) in [6, 6.07) is -0.117. The van der Waals surface area contributed by atoms with Gasteiger partial charge in [-0.3, -0.25) is 0 Å². The summed E-state index contributed by atoms with van der Waals surface area (Å²) < 4.78 is 7.44. The Balaban J connectivity index is 1.94. The van der Waals surface area contributed by atoms with Crippen molar-refractivity contribution in [1.82, 2.24) is 14.9 Å². The molecular formula is C16H27N3O2. The largest absolute Gasteiger partial charge is 0.444 e. The molecule has 1 fully saturated rings. The van der Waals surface area contributed by atoms with Crippen molar-refractivity contribution in [2.24, 2.45) is 11.8 Å². The zero-order chi connectivity index (χ0) is 15.6. The monoisotopic (exact) mass is 293 g/mol. The van der Waals surface area contributed by atoms with Crippen molar-refractivity contribution in [2.45, 2.75) is 65.6 Å². The van der Waals surface area contributed by atoms with Gasteiger partial charge in [0, 0.05) is 6.54 Å². The lowest BCUT2D eigenvalue weighted by molar-refractivity contribution is 0.0506. The van der Waals surface area contributed by atoms with Crippen LogP contribution in [-0.4, -0.2) is 21.2 Å². The zero-order valence-electron chi connectivity index (χ0n) is 13.7. The molecule has 0 bridgehead atoms. The summed E-state index contributed by atoms with van der Waals surface area (Å²) in [6.45, 7) is 10.8. The van der Waals surface area contributed by atoms with E-state index in [-0.39, 0.29) is 6.04 Å². The molecule has 0 aliphatic heterocycles. The predicted molar refractivity (Wildman–Crippen MR) is 81.9 cm³/mol. The van der Waals surface area contributed by atoms with E-state index in [1.165, 1.54) is 12.8 Å². The van der Waals surface area contributed by atoms with Crippen LogP contribution in [0.25, 0.3) is 0 Å². The summed E-state index contributed by atoms with van der Waals surface area (Å²) in [5.41, 5.74) is 0.540. The Morgan fingerprint density at radius 2 is 2.14 bits per heavy atom. The predicted octanol–water partition coefficient (Wildman–Crippen LogP) is 3.51. The van der Waals surface area contributed by atoms with Gasteiger partial charge in [0.1, 0.15) is 5.60 Å². The molecule has 1 amide bonds. The number of hydrogen-bond donors (Lipinski definition) is 1. The summed E-state index contributed by atoms with van der Waals surface area (Å²) in [6.07, 6.45) is 5.97. The molecule has 5 nitrogen and oxygen atoms in total. The van der Waals surface area contributed by atoms with Crippen LogP contribution in [0.4, 0.5) is 4.79 Å². The van der Waals surface area contributed by atoms with Crippen molar-refractivity contribution < 1.29 is 9.53 Å². The Labute approximate surface area is 127 Å². The Kier molecular flexibility index (Phi) is 4.59. The molecule has 2 rings (SSSR count). The van der Waals surface area contributed by atoms with Crippen LogP contribution in [-0.2, 0) is 11.3 Å². The second-order valence-corrected chi connectivity index (χ2v) is 7.15. The fourth-order valence-electron chi connectivity index (χ4n) is 2.53. The third kappa shape index (κ3) is 4.76. The number of nitrogens with one attached hydrogen (secondary N) is 1. The second-order valence-electron chi connectivity index (χ2n) is 7.15. The van der Waals surface area contributed by atoms with Gasteiger partial charge in [0.15, 0.2) is 0 Å². The molecule has 0 spiro atoms. The molecule has 1 saturated carbocycles. The highest BCUT2D eigenvalue weighted by molar-refractivity contribution is 5.68. The van der Waals surface area contributed by atoms with Gasteiger partial charge in [-0.1, -0.05) is 6.92 Å². The van der Waals surface area contributed by atoms with E-state index in [0.717, 1.165) is 18.2 Å². The van der Waals surface area contributed by atoms with Crippen LogP contribution >= 0.6 is 0 Å². The van der Waals surface area contributed by atoms with Crippen LogP contribution in [0, 0.1) is 11.8 Å². The third-order valence-electron chi connectivity index (χ3n) is 3.83. The van der Waals surface area contributed by atoms with Gasteiger partial charge in [-0.2, -0.15) is 0 Å². The van der Waals surface area contributed by atoms with Crippen LogP contribution in [0.1, 0.15) is 59.2 Å². The number of rotatable bonds is 5. The molecule has 1 aliphatic rings. The van der Waals surface area contributed by atoms with E-state index in [4.69, 9.17) is 4.74 Å². The van der Waals surface area contributed by atoms with Crippen LogP contribution < -0.4 is 5.32 Å². The molecule has 0 saturated heterocycles. The van der Waals surface area contributed by atoms with E-state index < -0.39 is 11.7 Å². The molecule has 1 aromatic heterocycles. The van der Waals surface area contributed by atoms with Crippen LogP contribution in [0.15, 0.2) is 12.5 Å². The fourth-order valence-corrected chi connectivity index (χ4v) is 2.53. The van der Waals surface area contributed by atoms with E-state index in [0.29, 0.717) is 5.92 Å². The number of ether oxygens (including phenoxy) is 1. The van der Waals surface area contributed by atoms with Gasteiger partial charge in [-0.15, -0.1) is 0 Å². The molecule has 2 unspecified atom stereocenters. The molecule has 1 heterocycles. The second kappa shape index (κ2) is 6.08. The number of carbonyl (C=O) groups excluding carboxylic acids is 1. The average Bonchev–Trinajstić information content (AvgIpc) is 3.07. The first-order chi connectivity index (χ1) is 9.76. The minimum absolute atomic E-state index is 0.117. The Bertz CT molecular complexity index is 486. The van der Waals surface area contributed by atoms with E-state index in [1.807, 2.05) is 40.2 Å². The first-order valence-corrected chi connectivity index (χ1v) is 7.76. The number of nitrogens with zero attached hydrogens (tertiary/aromatic N) is 2. The van der Waals surface area contributed by atoms with E-state index in [1.54, 1.807) is 0 Å². The molecule has 118 valence electrons. The van der Waals surface area contributed by atoms with Crippen LogP contribution in [0.5, 0.6) is 0 Å². The Morgan fingerprint density at radius 3 is 2.71 bits per heavy atom. The van der Waals surface area contributed by atoms with Crippen molar-refractivity contribution in [1.29, 1.82) is 0 Å². The first-order valence-electron chi connectivity index (χ1n) is 7.76. The first kappa shape index (κ1) is 15.9. The van der Waals surface area contributed by atoms with E-state index in [2.05, 4.69) is 21.8 Å². The molecule has 1 N–H and O–H groups in total. The van der Waals surface area contributed by atoms with Crippen molar-refractivity contribution in [3.05, 3.63) is 18.2 Å². The summed E-state index contributed by atoms with van der Waals surface area (Å²) >= 11 is 0. The van der Waals surface area contributed by atoms with E-state index >= 15 is 0 Å². The fraction of sp³-hybridized carbons (Fsp3) is 0.750. The maximum Gasteiger partial charge on any atom is 0.408 e. The van der Waals surface area contributed by atoms with Gasteiger partial charge in [0.2, 0.25) is 0 Å². The van der Waals surface area contributed by atoms with Gasteiger partial charge >= 0.3 is 6.09 Å². The number of hydrogen-bond acceptors (Lipinski definition) is 3. The third-order valence-corrected chi connectivity index (χ3v) is 3.83. The lowest BCUT2D eigenvalue weighted by Crippen LogP contribution is -2.34. The normalized spacial score (nSPS) is 18.1. The molecule has 1 aromatic rings. The summed E-state index contributed by atoms with van der Waals surface area (Å²) in [5, 5.41) is 2.88. The summed E-state index contributed by atoms with van der Waals surface area (Å²) in [4.78, 5) is 16.1. The highest BCUT2D eigenvalue weighted by atomic mass is 16.6. The van der Waals surface area contributed by atoms with Crippen molar-refractivity contribution in [3.8, 4) is 0 Å². The molecule has 2 atom stereocenters. The molecule has 0 aromatic carbocycles. The summed E-state index contributed by atoms with van der Waals surface area (Å²) in [7, 11) is 0. The van der Waals surface area contributed by atoms with Crippen LogP contribution in [0.3, 0.4) is 0 Å². The molecule has 5 heteroatoms. The van der Waals surface area contributed by atoms with E-state index in [9.17, 15) is 4.79 Å². The van der Waals surface area contributed by atoms with Crippen LogP contribution in [0.2, 0.25) is 0 Å². The van der Waals surface area contributed by atoms with Crippen molar-refractivity contribution in [2.75, 3.05) is 0 Å². The number of alkyl carbamates (subject to hydrolysis) is 1. The molecule has 0 radical (unpaired) electrons. The van der Waals surface area contributed by atoms with Crippen molar-refractivity contribution in [3.63, 3.8) is 0 Å². The quantitative estimate of drug-likeness (QED) is 0.903. The number of amides is 1. The van der Waals surface area contributed by atoms with Crippen molar-refractivity contribution >= 4 is 6.09 Å². The summed E-state index contributed by atoms with van der Waals surface area (Å²) in [5.74, 6) is 1.51. The maximum absolute atomic E-state index is 11.9. The Morgan fingerprint density at radius 1 is 1.48 bits per heavy atom. The minimum atomic E-state index is -0.482. The molecule has 1 aliphatic carbocycles. The standard InChI is InChI=1S/C16H27N3O2/c1-11(13-6-7-13)9-19-10-17-8-14(19)12(2)18-15(20)21-16(3,4)5/h8,10-13H,6-7,9H2,1-5H3,(H,18,20). The molecular weight excluding hydrogens is 266 g/mol. The number of imidazole rings is 1. The maximum atomic E-state index is 11.9. The Hall–Kier alpha value is -1.52. The highest BCUT2D eigenvalue weighted by Gasteiger charge is 2.28. The highest BCUT2D eigenvalue weighted by Crippen LogP contribution is 2.37. The smallest absolute Gasteiger partial charge is 0.408 e. The lowest BCUT2D eigenvalue weighted by atomic mass is 10.1. The van der Waals surface area contributed by atoms with Gasteiger partial charge in [0.25, 0.3) is 0 Å². The topological polar surface area (TPSA) is 56.1 Å². The average molecular weight is 293 g/mol. The zero-order valence-corrected chi connectivity index (χ0v) is 13.7. The van der Waals surface area contributed by atoms with Gasteiger partial charge in [-0.05, 0) is 52.4 Å². The number of carbonyl (C=O) groups is 1. The molecule has 21 heavy (non-hydrogen) atoms.